The van der Waals surface area contributed by atoms with E-state index in [1.807, 2.05) is 6.92 Å². The first-order chi connectivity index (χ1) is 9.99. The smallest absolute Gasteiger partial charge is 0.543 e. The van der Waals surface area contributed by atoms with Gasteiger partial charge in [-0.15, -0.1) is 0 Å². The van der Waals surface area contributed by atoms with Crippen molar-refractivity contribution in [3.05, 3.63) is 11.3 Å². The van der Waals surface area contributed by atoms with Crippen LogP contribution >= 0.6 is 11.8 Å². The molecule has 22 heavy (non-hydrogen) atoms. The third-order valence-electron chi connectivity index (χ3n) is 3.87. The van der Waals surface area contributed by atoms with Crippen LogP contribution in [0.1, 0.15) is 20.3 Å². The van der Waals surface area contributed by atoms with Crippen molar-refractivity contribution in [3.8, 4) is 0 Å². The van der Waals surface area contributed by atoms with Crippen molar-refractivity contribution in [1.82, 2.24) is 4.90 Å². The zero-order valence-corrected chi connectivity index (χ0v) is 16.0. The Labute approximate surface area is 156 Å². The fraction of sp³-hybridized carbons (Fsp3) is 0.714. The number of carboxylic acid groups (broad SMARTS) is 1. The summed E-state index contributed by atoms with van der Waals surface area (Å²) in [6.45, 7) is 4.77. The number of aliphatic hydroxyl groups is 1. The van der Waals surface area contributed by atoms with Crippen molar-refractivity contribution in [2.45, 2.75) is 32.4 Å². The molecule has 3 atom stereocenters. The molecule has 8 heteroatoms. The zero-order chi connectivity index (χ0) is 15.6. The summed E-state index contributed by atoms with van der Waals surface area (Å²) in [6, 6.07) is -0.229. The van der Waals surface area contributed by atoms with Crippen LogP contribution in [-0.4, -0.2) is 58.7 Å². The van der Waals surface area contributed by atoms with Crippen LogP contribution in [0.5, 0.6) is 0 Å². The molecule has 2 aliphatic rings. The average Bonchev–Trinajstić information content (AvgIpc) is 2.72. The van der Waals surface area contributed by atoms with Gasteiger partial charge in [0.25, 0.3) is 0 Å². The van der Waals surface area contributed by atoms with Gasteiger partial charge < -0.3 is 24.6 Å². The number of rotatable bonds is 8. The second-order valence-electron chi connectivity index (χ2n) is 5.24. The molecule has 0 aromatic rings. The van der Waals surface area contributed by atoms with Crippen LogP contribution in [0.25, 0.3) is 0 Å². The van der Waals surface area contributed by atoms with Crippen LogP contribution in [0.2, 0.25) is 0 Å². The van der Waals surface area contributed by atoms with Gasteiger partial charge in [0.15, 0.2) is 0 Å². The van der Waals surface area contributed by atoms with Crippen LogP contribution in [0.3, 0.4) is 0 Å². The van der Waals surface area contributed by atoms with Crippen molar-refractivity contribution < 1.29 is 54.1 Å². The monoisotopic (exact) mass is 337 g/mol. The van der Waals surface area contributed by atoms with E-state index in [1.165, 1.54) is 4.90 Å². The molecule has 0 spiro atoms. The van der Waals surface area contributed by atoms with Gasteiger partial charge in [-0.2, -0.15) is 11.8 Å². The maximum Gasteiger partial charge on any atom is 1.00 e. The first-order valence-electron chi connectivity index (χ1n) is 7.09. The zero-order valence-electron chi connectivity index (χ0n) is 13.2. The van der Waals surface area contributed by atoms with E-state index >= 15 is 0 Å². The van der Waals surface area contributed by atoms with Crippen molar-refractivity contribution in [1.29, 1.82) is 0 Å². The van der Waals surface area contributed by atoms with E-state index in [1.54, 1.807) is 18.7 Å². The van der Waals surface area contributed by atoms with Gasteiger partial charge in [0.05, 0.1) is 36.3 Å². The van der Waals surface area contributed by atoms with E-state index in [-0.39, 0.29) is 47.2 Å². The maximum absolute atomic E-state index is 12.0. The summed E-state index contributed by atoms with van der Waals surface area (Å²) in [5, 5.41) is 20.9. The summed E-state index contributed by atoms with van der Waals surface area (Å²) in [7, 11) is 0. The van der Waals surface area contributed by atoms with Gasteiger partial charge in [-0.05, 0) is 25.8 Å². The number of carboxylic acids is 1. The average molecular weight is 337 g/mol. The fourth-order valence-electron chi connectivity index (χ4n) is 2.94. The van der Waals surface area contributed by atoms with E-state index in [0.717, 1.165) is 11.3 Å². The number of thioether (sulfide) groups is 1. The second-order valence-corrected chi connectivity index (χ2v) is 6.34. The van der Waals surface area contributed by atoms with E-state index in [4.69, 9.17) is 4.74 Å². The predicted octanol–water partition coefficient (Wildman–Crippen LogP) is -3.62. The van der Waals surface area contributed by atoms with Gasteiger partial charge in [-0.3, -0.25) is 4.79 Å². The number of nitrogens with zero attached hydrogens (tertiary/aromatic N) is 1. The van der Waals surface area contributed by atoms with Crippen LogP contribution in [0.15, 0.2) is 11.3 Å². The third kappa shape index (κ3) is 3.88. The van der Waals surface area contributed by atoms with E-state index in [9.17, 15) is 19.8 Å². The number of ether oxygens (including phenoxy) is 1. The van der Waals surface area contributed by atoms with Crippen LogP contribution in [0.4, 0.5) is 0 Å². The van der Waals surface area contributed by atoms with E-state index in [0.29, 0.717) is 25.4 Å². The quantitative estimate of drug-likeness (QED) is 0.279. The number of hydrogen-bond acceptors (Lipinski definition) is 6. The van der Waals surface area contributed by atoms with E-state index < -0.39 is 18.0 Å². The Hall–Kier alpha value is -0.0500. The molecule has 1 saturated heterocycles. The van der Waals surface area contributed by atoms with Gasteiger partial charge in [-0.1, -0.05) is 0 Å². The molecular weight excluding hydrogens is 317 g/mol. The molecule has 0 bridgehead atoms. The van der Waals surface area contributed by atoms with Crippen LogP contribution < -0.4 is 34.7 Å². The van der Waals surface area contributed by atoms with Crippen molar-refractivity contribution in [2.24, 2.45) is 5.92 Å². The molecular formula is C14H20NNaO5S. The third-order valence-corrected chi connectivity index (χ3v) is 4.87. The molecule has 0 radical (unpaired) electrons. The van der Waals surface area contributed by atoms with Gasteiger partial charge in [0.1, 0.15) is 0 Å². The predicted molar refractivity (Wildman–Crippen MR) is 76.3 cm³/mol. The molecule has 0 aromatic carbocycles. The Morgan fingerprint density at radius 3 is 2.82 bits per heavy atom. The minimum Gasteiger partial charge on any atom is -0.543 e. The van der Waals surface area contributed by atoms with Crippen molar-refractivity contribution in [2.75, 3.05) is 24.7 Å². The minimum atomic E-state index is -1.31. The molecule has 2 aliphatic heterocycles. The second kappa shape index (κ2) is 8.70. The molecule has 0 aliphatic carbocycles. The molecule has 1 amide bonds. The molecule has 6 nitrogen and oxygen atoms in total. The summed E-state index contributed by atoms with van der Waals surface area (Å²) in [4.78, 5) is 24.6. The Bertz CT molecular complexity index is 468. The van der Waals surface area contributed by atoms with Gasteiger partial charge in [-0.25, -0.2) is 0 Å². The Morgan fingerprint density at radius 1 is 1.59 bits per heavy atom. The summed E-state index contributed by atoms with van der Waals surface area (Å²) in [5.41, 5.74) is 0.726. The number of aliphatic carboxylic acids is 1. The normalized spacial score (nSPS) is 24.7. The topological polar surface area (TPSA) is 89.9 Å². The van der Waals surface area contributed by atoms with Gasteiger partial charge in [0.2, 0.25) is 5.91 Å². The number of carbonyl (C=O) groups is 2. The molecule has 1 N–H and O–H groups in total. The Kier molecular flexibility index (Phi) is 7.91. The van der Waals surface area contributed by atoms with E-state index in [2.05, 4.69) is 0 Å². The summed E-state index contributed by atoms with van der Waals surface area (Å²) in [6.07, 6.45) is -0.251. The Morgan fingerprint density at radius 2 is 2.27 bits per heavy atom. The van der Waals surface area contributed by atoms with Gasteiger partial charge in [0, 0.05) is 18.1 Å². The number of amides is 1. The molecule has 2 rings (SSSR count). The number of β-lactam (4-membered cyclic amide) rings is 1. The van der Waals surface area contributed by atoms with Crippen LogP contribution in [0, 0.1) is 5.92 Å². The first kappa shape index (κ1) is 20.0. The molecule has 0 saturated carbocycles. The summed E-state index contributed by atoms with van der Waals surface area (Å²) >= 11 is 1.58. The fourth-order valence-corrected chi connectivity index (χ4v) is 3.82. The van der Waals surface area contributed by atoms with Crippen molar-refractivity contribution >= 4 is 23.6 Å². The molecule has 1 fully saturated rings. The van der Waals surface area contributed by atoms with Crippen molar-refractivity contribution in [3.63, 3.8) is 0 Å². The molecule has 118 valence electrons. The number of carbonyl (C=O) groups excluding carboxylic acids is 2. The maximum atomic E-state index is 12.0. The SMILES string of the molecule is CCOCCSCC1=C(C(=O)[O-])N2C(=O)[C@H]([C@H](C)O)[C@H]2C1.[Na+]. The Balaban J connectivity index is 0.00000242. The molecule has 0 aromatic heterocycles. The summed E-state index contributed by atoms with van der Waals surface area (Å²) in [5.74, 6) is -0.802. The number of fused-ring (bicyclic) bond motifs is 1. The molecule has 0 unspecified atom stereocenters. The van der Waals surface area contributed by atoms with Gasteiger partial charge >= 0.3 is 29.6 Å². The standard InChI is InChI=1S/C14H21NO5S.Na/c1-3-20-4-5-21-7-9-6-10-11(8(2)16)13(17)15(10)12(9)14(18)19;/h8,10-11,16H,3-7H2,1-2H3,(H,18,19);/q;+1/p-1/t8-,10+,11+;/m0./s1. The first-order valence-corrected chi connectivity index (χ1v) is 8.24. The minimum absolute atomic E-state index is 0. The molecule has 2 heterocycles. The number of hydrogen-bond donors (Lipinski definition) is 1. The summed E-state index contributed by atoms with van der Waals surface area (Å²) < 4.78 is 5.23. The number of aliphatic hydroxyl groups excluding tert-OH is 1. The largest absolute Gasteiger partial charge is 1.00 e. The van der Waals surface area contributed by atoms with Crippen LogP contribution in [-0.2, 0) is 14.3 Å².